The fraction of sp³-hybridized carbons (Fsp3) is 0.611. The molecule has 10 heteroatoms. The van der Waals surface area contributed by atoms with Crippen molar-refractivity contribution in [2.24, 2.45) is 9.98 Å². The second kappa shape index (κ2) is 15.3. The second-order valence-electron chi connectivity index (χ2n) is 16.4. The number of halogens is 4. The molecule has 0 aliphatic heterocycles. The van der Waals surface area contributed by atoms with Crippen molar-refractivity contribution in [2.45, 2.75) is 143 Å². The van der Waals surface area contributed by atoms with Gasteiger partial charge in [-0.3, -0.25) is 9.98 Å². The molecule has 0 radical (unpaired) electrons. The maximum absolute atomic E-state index is 11.2. The third-order valence-electron chi connectivity index (χ3n) is 8.13. The van der Waals surface area contributed by atoms with Gasteiger partial charge in [-0.25, -0.2) is 0 Å². The maximum Gasteiger partial charge on any atom is 0.673 e. The van der Waals surface area contributed by atoms with Gasteiger partial charge in [0.15, 0.2) is 0 Å². The number of rotatable bonds is 4. The second-order valence-corrected chi connectivity index (χ2v) is 16.4. The van der Waals surface area contributed by atoms with Gasteiger partial charge in [-0.15, -0.1) is 0 Å². The van der Waals surface area contributed by atoms with E-state index in [1.165, 1.54) is 11.1 Å². The Hall–Kier alpha value is -2.30. The summed E-state index contributed by atoms with van der Waals surface area (Å²) >= 11 is 0. The predicted molar refractivity (Wildman–Crippen MR) is 182 cm³/mol. The summed E-state index contributed by atoms with van der Waals surface area (Å²) in [7, 11) is -6.00. The Morgan fingerprint density at radius 3 is 1.11 bits per heavy atom. The fourth-order valence-electron chi connectivity index (χ4n) is 5.31. The molecule has 0 amide bonds. The molecule has 1 aliphatic carbocycles. The van der Waals surface area contributed by atoms with Crippen molar-refractivity contribution in [2.75, 3.05) is 0 Å². The summed E-state index contributed by atoms with van der Waals surface area (Å²) in [5.41, 5.74) is 5.39. The molecule has 3 rings (SSSR count). The van der Waals surface area contributed by atoms with Crippen LogP contribution in [0.5, 0.6) is 11.5 Å². The number of hydrogen-bond donors (Lipinski definition) is 2. The van der Waals surface area contributed by atoms with Crippen LogP contribution in [0.25, 0.3) is 0 Å². The summed E-state index contributed by atoms with van der Waals surface area (Å²) in [5, 5.41) is 22.5. The molecule has 0 bridgehead atoms. The van der Waals surface area contributed by atoms with Crippen molar-refractivity contribution in [3.05, 3.63) is 57.6 Å². The van der Waals surface area contributed by atoms with E-state index in [0.717, 1.165) is 47.9 Å². The molecule has 0 unspecified atom stereocenters. The van der Waals surface area contributed by atoms with Crippen LogP contribution in [-0.2, 0) is 39.0 Å². The molecule has 2 atom stereocenters. The van der Waals surface area contributed by atoms with Crippen LogP contribution in [0, 0.1) is 0 Å². The topological polar surface area (TPSA) is 65.2 Å². The number of phenolic OH excluding ortho intramolecular Hbond substituents is 2. The maximum atomic E-state index is 11.2. The Labute approximate surface area is 285 Å². The minimum atomic E-state index is -6.00. The number of nitrogens with zero attached hydrogens (tertiary/aromatic N) is 2. The van der Waals surface area contributed by atoms with Gasteiger partial charge in [0.1, 0.15) is 11.5 Å². The smallest absolute Gasteiger partial charge is 0.507 e. The molecule has 0 aromatic heterocycles. The molecule has 0 spiro atoms. The molecule has 46 heavy (non-hydrogen) atoms. The van der Waals surface area contributed by atoms with Crippen LogP contribution in [-0.4, -0.2) is 42.0 Å². The van der Waals surface area contributed by atoms with Crippen LogP contribution >= 0.6 is 0 Å². The molecule has 1 fully saturated rings. The quantitative estimate of drug-likeness (QED) is 0.191. The molecule has 0 saturated heterocycles. The van der Waals surface area contributed by atoms with Crippen LogP contribution in [0.2, 0.25) is 0 Å². The summed E-state index contributed by atoms with van der Waals surface area (Å²) in [5.74, 6) is 0.637. The first-order valence-electron chi connectivity index (χ1n) is 15.9. The van der Waals surface area contributed by atoms with Crippen LogP contribution < -0.4 is 0 Å². The van der Waals surface area contributed by atoms with Crippen molar-refractivity contribution in [1.29, 1.82) is 0 Å². The van der Waals surface area contributed by atoms with Gasteiger partial charge in [-0.2, -0.15) is 0 Å². The van der Waals surface area contributed by atoms with Gasteiger partial charge in [0.2, 0.25) is 0 Å². The number of aromatic hydroxyl groups is 2. The van der Waals surface area contributed by atoms with Gasteiger partial charge in [-0.1, -0.05) is 108 Å². The monoisotopic (exact) mass is 685 g/mol. The third-order valence-corrected chi connectivity index (χ3v) is 8.13. The molecule has 2 aromatic carbocycles. The average Bonchev–Trinajstić information content (AvgIpc) is 2.84. The van der Waals surface area contributed by atoms with E-state index < -0.39 is 7.25 Å². The van der Waals surface area contributed by atoms with Crippen molar-refractivity contribution in [3.63, 3.8) is 0 Å². The summed E-state index contributed by atoms with van der Waals surface area (Å²) in [4.78, 5) is 10.1. The third kappa shape index (κ3) is 12.4. The zero-order valence-electron chi connectivity index (χ0n) is 29.7. The predicted octanol–water partition coefficient (Wildman–Crippen LogP) is 10.4. The van der Waals surface area contributed by atoms with Gasteiger partial charge in [0.25, 0.3) is 0 Å². The standard InChI is InChI=1S/C36H54N2O2.BF4.Cr/c1-33(2,3)25-17-23(31(39)27(19-25)35(7,8)9)21-37-29-15-13-14-16-30(29)38-22-24-18-26(34(4,5)6)20-28(32(24)40)36(10,11)12;2-1(3,4)5;/h17-22,29-30,39-40H,13-16H2,1-12H3;;/q;-1;/t29-,30-;;/m0../s1. The molecular formula is C36H54BCrF4N2O2-. The molecule has 4 nitrogen and oxygen atoms in total. The van der Waals surface area contributed by atoms with Crippen molar-refractivity contribution >= 4 is 19.7 Å². The first-order chi connectivity index (χ1) is 20.2. The normalized spacial score (nSPS) is 18.3. The van der Waals surface area contributed by atoms with Crippen LogP contribution in [0.15, 0.2) is 34.3 Å². The molecule has 1 saturated carbocycles. The van der Waals surface area contributed by atoms with E-state index >= 15 is 0 Å². The van der Waals surface area contributed by atoms with E-state index in [-0.39, 0.29) is 51.1 Å². The van der Waals surface area contributed by atoms with E-state index in [4.69, 9.17) is 9.98 Å². The molecule has 2 N–H and O–H groups in total. The number of hydrogen-bond acceptors (Lipinski definition) is 4. The van der Waals surface area contributed by atoms with Crippen molar-refractivity contribution in [3.8, 4) is 11.5 Å². The SMILES string of the molecule is CC(C)(C)c1cc(C=N[C@H]2CCCC[C@@H]2N=Cc2cc(C(C)(C)C)cc(C(C)(C)C)c2O)c(O)c(C(C)(C)C)c1.F[B-](F)(F)F.[Cr]. The summed E-state index contributed by atoms with van der Waals surface area (Å²) in [6.07, 6.45) is 7.90. The number of benzene rings is 2. The average molecular weight is 686 g/mol. The Morgan fingerprint density at radius 1 is 0.587 bits per heavy atom. The van der Waals surface area contributed by atoms with E-state index in [1.54, 1.807) is 0 Å². The van der Waals surface area contributed by atoms with Gasteiger partial charge in [0.05, 0.1) is 12.1 Å². The first kappa shape index (κ1) is 41.7. The van der Waals surface area contributed by atoms with Crippen LogP contribution in [0.4, 0.5) is 17.3 Å². The van der Waals surface area contributed by atoms with Gasteiger partial charge < -0.3 is 27.5 Å². The van der Waals surface area contributed by atoms with Crippen LogP contribution in [0.1, 0.15) is 142 Å². The largest absolute Gasteiger partial charge is 0.673 e. The van der Waals surface area contributed by atoms with Crippen molar-refractivity contribution < 1.29 is 44.8 Å². The van der Waals surface area contributed by atoms with Gasteiger partial charge in [-0.05, 0) is 57.8 Å². The summed E-state index contributed by atoms with van der Waals surface area (Å²) in [6, 6.07) is 8.53. The van der Waals surface area contributed by atoms with Gasteiger partial charge >= 0.3 is 7.25 Å². The number of aliphatic imine (C=N–C) groups is 2. The first-order valence-corrected chi connectivity index (χ1v) is 15.9. The molecule has 1 aliphatic rings. The zero-order valence-corrected chi connectivity index (χ0v) is 31.0. The van der Waals surface area contributed by atoms with Gasteiger partial charge in [0, 0.05) is 52.0 Å². The molecule has 0 heterocycles. The Bertz CT molecular complexity index is 1270. The number of phenols is 2. The van der Waals surface area contributed by atoms with Crippen molar-refractivity contribution in [1.82, 2.24) is 0 Å². The minimum absolute atomic E-state index is 0. The molecule has 2 aromatic rings. The van der Waals surface area contributed by atoms with Crippen LogP contribution in [0.3, 0.4) is 0 Å². The summed E-state index contributed by atoms with van der Waals surface area (Å²) in [6.45, 7) is 26.0. The molecule has 258 valence electrons. The Balaban J connectivity index is 0.00000163. The molecular weight excluding hydrogens is 631 g/mol. The minimum Gasteiger partial charge on any atom is -0.507 e. The van der Waals surface area contributed by atoms with E-state index in [2.05, 4.69) is 107 Å². The van der Waals surface area contributed by atoms with E-state index in [0.29, 0.717) is 11.5 Å². The Morgan fingerprint density at radius 2 is 0.870 bits per heavy atom. The summed E-state index contributed by atoms with van der Waals surface area (Å²) < 4.78 is 39.0. The fourth-order valence-corrected chi connectivity index (χ4v) is 5.31. The van der Waals surface area contributed by atoms with E-state index in [9.17, 15) is 27.5 Å². The Kier molecular flexibility index (Phi) is 13.9. The van der Waals surface area contributed by atoms with E-state index in [1.807, 2.05) is 12.4 Å². The zero-order chi connectivity index (χ0) is 34.8.